The zero-order chi connectivity index (χ0) is 8.81. The summed E-state index contributed by atoms with van der Waals surface area (Å²) in [5, 5.41) is 0. The van der Waals surface area contributed by atoms with Crippen molar-refractivity contribution in [3.05, 3.63) is 0 Å². The number of likely N-dealkylation sites (N-methyl/N-ethyl adjacent to an activating group) is 1. The third kappa shape index (κ3) is 2.84. The Morgan fingerprint density at radius 1 is 1.67 bits per heavy atom. The normalized spacial score (nSPS) is 22.9. The lowest BCUT2D eigenvalue weighted by molar-refractivity contribution is 0.0791. The Bertz CT molecular complexity index is 156. The van der Waals surface area contributed by atoms with E-state index in [-0.39, 0.29) is 0 Å². The molecule has 2 heteroatoms. The van der Waals surface area contributed by atoms with Gasteiger partial charge in [0.2, 0.25) is 0 Å². The summed E-state index contributed by atoms with van der Waals surface area (Å²) >= 11 is 0. The van der Waals surface area contributed by atoms with Gasteiger partial charge in [0.25, 0.3) is 0 Å². The van der Waals surface area contributed by atoms with Gasteiger partial charge in [-0.05, 0) is 19.4 Å². The summed E-state index contributed by atoms with van der Waals surface area (Å²) in [6, 6.07) is 0. The Kier molecular flexibility index (Phi) is 4.13. The quantitative estimate of drug-likeness (QED) is 0.582. The molecule has 1 heterocycles. The first-order valence-corrected chi connectivity index (χ1v) is 4.64. The molecule has 1 fully saturated rings. The lowest BCUT2D eigenvalue weighted by Gasteiger charge is -2.20. The van der Waals surface area contributed by atoms with Crippen molar-refractivity contribution >= 4 is 0 Å². The van der Waals surface area contributed by atoms with Crippen molar-refractivity contribution in [2.24, 2.45) is 0 Å². The van der Waals surface area contributed by atoms with E-state index in [0.29, 0.717) is 6.10 Å². The van der Waals surface area contributed by atoms with Gasteiger partial charge in [0.1, 0.15) is 0 Å². The summed E-state index contributed by atoms with van der Waals surface area (Å²) in [5.41, 5.74) is 0. The SMILES string of the molecule is C#CCN(CC)CC1CCCO1. The number of hydrogen-bond donors (Lipinski definition) is 0. The molecule has 12 heavy (non-hydrogen) atoms. The molecule has 2 nitrogen and oxygen atoms in total. The third-order valence-corrected chi connectivity index (χ3v) is 2.25. The molecule has 0 aromatic rings. The van der Waals surface area contributed by atoms with Crippen LogP contribution in [0.5, 0.6) is 0 Å². The average Bonchev–Trinajstić information content (AvgIpc) is 2.56. The van der Waals surface area contributed by atoms with Crippen LogP contribution in [0.1, 0.15) is 19.8 Å². The molecule has 0 N–H and O–H groups in total. The van der Waals surface area contributed by atoms with Gasteiger partial charge in [-0.2, -0.15) is 0 Å². The van der Waals surface area contributed by atoms with Gasteiger partial charge in [-0.3, -0.25) is 4.90 Å². The van der Waals surface area contributed by atoms with Crippen LogP contribution in [-0.4, -0.2) is 37.2 Å². The lowest BCUT2D eigenvalue weighted by atomic mass is 10.2. The zero-order valence-corrected chi connectivity index (χ0v) is 7.75. The van der Waals surface area contributed by atoms with Crippen molar-refractivity contribution < 1.29 is 4.74 Å². The smallest absolute Gasteiger partial charge is 0.0703 e. The van der Waals surface area contributed by atoms with E-state index >= 15 is 0 Å². The second-order valence-electron chi connectivity index (χ2n) is 3.17. The van der Waals surface area contributed by atoms with E-state index in [1.165, 1.54) is 12.8 Å². The van der Waals surface area contributed by atoms with Gasteiger partial charge in [-0.15, -0.1) is 6.42 Å². The van der Waals surface area contributed by atoms with Gasteiger partial charge < -0.3 is 4.74 Å². The van der Waals surface area contributed by atoms with Gasteiger partial charge in [0, 0.05) is 13.2 Å². The maximum atomic E-state index is 5.52. The first-order valence-electron chi connectivity index (χ1n) is 4.64. The summed E-state index contributed by atoms with van der Waals surface area (Å²) in [5.74, 6) is 2.66. The van der Waals surface area contributed by atoms with E-state index in [1.807, 2.05) is 0 Å². The van der Waals surface area contributed by atoms with Crippen molar-refractivity contribution in [2.45, 2.75) is 25.9 Å². The van der Waals surface area contributed by atoms with E-state index in [4.69, 9.17) is 11.2 Å². The molecule has 0 amide bonds. The molecule has 68 valence electrons. The standard InChI is InChI=1S/C10H17NO/c1-3-7-11(4-2)9-10-6-5-8-12-10/h1,10H,4-9H2,2H3. The van der Waals surface area contributed by atoms with Crippen LogP contribution in [0.2, 0.25) is 0 Å². The van der Waals surface area contributed by atoms with Gasteiger partial charge in [-0.1, -0.05) is 12.8 Å². The topological polar surface area (TPSA) is 12.5 Å². The zero-order valence-electron chi connectivity index (χ0n) is 7.75. The molecule has 1 unspecified atom stereocenters. The summed E-state index contributed by atoms with van der Waals surface area (Å²) in [7, 11) is 0. The number of hydrogen-bond acceptors (Lipinski definition) is 2. The molecule has 0 bridgehead atoms. The highest BCUT2D eigenvalue weighted by Crippen LogP contribution is 2.12. The molecule has 0 spiro atoms. The van der Waals surface area contributed by atoms with Crippen LogP contribution in [0.4, 0.5) is 0 Å². The maximum Gasteiger partial charge on any atom is 0.0703 e. The predicted octanol–water partition coefficient (Wildman–Crippen LogP) is 1.12. The Morgan fingerprint density at radius 2 is 2.50 bits per heavy atom. The molecule has 0 saturated carbocycles. The minimum atomic E-state index is 0.429. The minimum Gasteiger partial charge on any atom is -0.377 e. The fraction of sp³-hybridized carbons (Fsp3) is 0.800. The van der Waals surface area contributed by atoms with Gasteiger partial charge >= 0.3 is 0 Å². The molecule has 1 atom stereocenters. The molecular formula is C10H17NO. The van der Waals surface area contributed by atoms with E-state index in [2.05, 4.69) is 17.7 Å². The van der Waals surface area contributed by atoms with Crippen molar-refractivity contribution in [2.75, 3.05) is 26.2 Å². The van der Waals surface area contributed by atoms with Crippen LogP contribution in [0, 0.1) is 12.3 Å². The van der Waals surface area contributed by atoms with Crippen molar-refractivity contribution in [1.82, 2.24) is 4.90 Å². The second kappa shape index (κ2) is 5.18. The average molecular weight is 167 g/mol. The van der Waals surface area contributed by atoms with Crippen LogP contribution in [0.25, 0.3) is 0 Å². The number of nitrogens with zero attached hydrogens (tertiary/aromatic N) is 1. The molecule has 1 rings (SSSR count). The van der Waals surface area contributed by atoms with E-state index in [1.54, 1.807) is 0 Å². The molecule has 0 aliphatic carbocycles. The number of ether oxygens (including phenoxy) is 1. The van der Waals surface area contributed by atoms with E-state index in [0.717, 1.165) is 26.2 Å². The molecule has 1 saturated heterocycles. The van der Waals surface area contributed by atoms with Crippen molar-refractivity contribution in [3.63, 3.8) is 0 Å². The monoisotopic (exact) mass is 167 g/mol. The lowest BCUT2D eigenvalue weighted by Crippen LogP contribution is -2.32. The van der Waals surface area contributed by atoms with Crippen LogP contribution in [0.3, 0.4) is 0 Å². The first-order chi connectivity index (χ1) is 5.86. The predicted molar refractivity (Wildman–Crippen MR) is 49.9 cm³/mol. The molecular weight excluding hydrogens is 150 g/mol. The molecule has 0 aromatic heterocycles. The van der Waals surface area contributed by atoms with Crippen LogP contribution < -0.4 is 0 Å². The summed E-state index contributed by atoms with van der Waals surface area (Å²) in [6.07, 6.45) is 8.08. The van der Waals surface area contributed by atoms with Crippen molar-refractivity contribution in [1.29, 1.82) is 0 Å². The highest BCUT2D eigenvalue weighted by Gasteiger charge is 2.17. The van der Waals surface area contributed by atoms with Crippen LogP contribution >= 0.6 is 0 Å². The Hall–Kier alpha value is -0.520. The van der Waals surface area contributed by atoms with Gasteiger partial charge in [0.15, 0.2) is 0 Å². The van der Waals surface area contributed by atoms with E-state index in [9.17, 15) is 0 Å². The summed E-state index contributed by atoms with van der Waals surface area (Å²) in [6.45, 7) is 5.83. The van der Waals surface area contributed by atoms with Crippen molar-refractivity contribution in [3.8, 4) is 12.3 Å². The second-order valence-corrected chi connectivity index (χ2v) is 3.17. The fourth-order valence-electron chi connectivity index (χ4n) is 1.51. The molecule has 0 radical (unpaired) electrons. The van der Waals surface area contributed by atoms with Gasteiger partial charge in [0.05, 0.1) is 12.6 Å². The Labute approximate surface area is 74.9 Å². The van der Waals surface area contributed by atoms with Crippen LogP contribution in [0.15, 0.2) is 0 Å². The Balaban J connectivity index is 2.21. The third-order valence-electron chi connectivity index (χ3n) is 2.25. The number of rotatable bonds is 4. The Morgan fingerprint density at radius 3 is 3.00 bits per heavy atom. The molecule has 1 aliphatic heterocycles. The van der Waals surface area contributed by atoms with Gasteiger partial charge in [-0.25, -0.2) is 0 Å². The highest BCUT2D eigenvalue weighted by molar-refractivity contribution is 4.88. The number of terminal acetylenes is 1. The van der Waals surface area contributed by atoms with E-state index < -0.39 is 0 Å². The minimum absolute atomic E-state index is 0.429. The fourth-order valence-corrected chi connectivity index (χ4v) is 1.51. The summed E-state index contributed by atoms with van der Waals surface area (Å²) < 4.78 is 5.52. The molecule has 1 aliphatic rings. The largest absolute Gasteiger partial charge is 0.377 e. The first kappa shape index (κ1) is 9.57. The van der Waals surface area contributed by atoms with Crippen LogP contribution in [-0.2, 0) is 4.74 Å². The highest BCUT2D eigenvalue weighted by atomic mass is 16.5. The summed E-state index contributed by atoms with van der Waals surface area (Å²) in [4.78, 5) is 2.25. The maximum absolute atomic E-state index is 5.52. The molecule has 0 aromatic carbocycles.